The van der Waals surface area contributed by atoms with Crippen LogP contribution in [0.1, 0.15) is 12.0 Å². The van der Waals surface area contributed by atoms with Gasteiger partial charge in [-0.15, -0.1) is 0 Å². The molecule has 1 fully saturated rings. The lowest BCUT2D eigenvalue weighted by Crippen LogP contribution is -2.21. The number of rotatable bonds is 2. The first-order chi connectivity index (χ1) is 8.00. The van der Waals surface area contributed by atoms with Gasteiger partial charge in [-0.25, -0.2) is 4.98 Å². The maximum Gasteiger partial charge on any atom is 0.417 e. The summed E-state index contributed by atoms with van der Waals surface area (Å²) in [4.78, 5) is 5.91. The van der Waals surface area contributed by atoms with E-state index in [0.717, 1.165) is 37.1 Å². The summed E-state index contributed by atoms with van der Waals surface area (Å²) in [6, 6.07) is 2.53. The topological polar surface area (TPSA) is 16.1 Å². The summed E-state index contributed by atoms with van der Waals surface area (Å²) in [6.45, 7) is 1.71. The zero-order valence-corrected chi connectivity index (χ0v) is 10.6. The number of hydrogen-bond acceptors (Lipinski definition) is 2. The molecule has 0 amide bonds. The first-order valence-electron chi connectivity index (χ1n) is 5.35. The Kier molecular flexibility index (Phi) is 3.61. The number of anilines is 1. The van der Waals surface area contributed by atoms with E-state index in [4.69, 9.17) is 0 Å². The van der Waals surface area contributed by atoms with Gasteiger partial charge in [-0.1, -0.05) is 15.9 Å². The molecule has 17 heavy (non-hydrogen) atoms. The molecular formula is C11H12BrF3N2. The number of aromatic nitrogens is 1. The molecule has 1 atom stereocenters. The maximum atomic E-state index is 12.4. The molecule has 2 nitrogen and oxygen atoms in total. The van der Waals surface area contributed by atoms with Crippen LogP contribution in [0.25, 0.3) is 0 Å². The van der Waals surface area contributed by atoms with Gasteiger partial charge in [0.05, 0.1) is 5.56 Å². The summed E-state index contributed by atoms with van der Waals surface area (Å²) < 4.78 is 37.1. The van der Waals surface area contributed by atoms with Crippen molar-refractivity contribution in [3.8, 4) is 0 Å². The maximum absolute atomic E-state index is 12.4. The van der Waals surface area contributed by atoms with Crippen molar-refractivity contribution in [2.45, 2.75) is 12.6 Å². The highest BCUT2D eigenvalue weighted by Crippen LogP contribution is 2.30. The highest BCUT2D eigenvalue weighted by Gasteiger charge is 2.31. The molecule has 0 aromatic carbocycles. The molecule has 1 aromatic rings. The molecule has 0 bridgehead atoms. The normalized spacial score (nSPS) is 20.9. The van der Waals surface area contributed by atoms with Gasteiger partial charge in [0.2, 0.25) is 0 Å². The fourth-order valence-corrected chi connectivity index (χ4v) is 2.44. The molecule has 0 N–H and O–H groups in total. The Hall–Kier alpha value is -0.780. The van der Waals surface area contributed by atoms with E-state index < -0.39 is 11.7 Å². The summed E-state index contributed by atoms with van der Waals surface area (Å²) in [5.41, 5.74) is -0.697. The van der Waals surface area contributed by atoms with Crippen molar-refractivity contribution >= 4 is 21.7 Å². The van der Waals surface area contributed by atoms with Gasteiger partial charge >= 0.3 is 6.18 Å². The van der Waals surface area contributed by atoms with Crippen LogP contribution < -0.4 is 4.90 Å². The van der Waals surface area contributed by atoms with Crippen LogP contribution in [0.2, 0.25) is 0 Å². The van der Waals surface area contributed by atoms with Crippen molar-refractivity contribution in [1.82, 2.24) is 4.98 Å². The third-order valence-corrected chi connectivity index (χ3v) is 3.82. The summed E-state index contributed by atoms with van der Waals surface area (Å²) >= 11 is 3.42. The SMILES string of the molecule is FC(F)(F)c1ccc(N2CCC(CBr)C2)nc1. The lowest BCUT2D eigenvalue weighted by atomic mass is 10.2. The van der Waals surface area contributed by atoms with Crippen LogP contribution in [0, 0.1) is 5.92 Å². The van der Waals surface area contributed by atoms with Crippen LogP contribution in [0.3, 0.4) is 0 Å². The smallest absolute Gasteiger partial charge is 0.356 e. The second kappa shape index (κ2) is 4.84. The third-order valence-electron chi connectivity index (χ3n) is 2.90. The van der Waals surface area contributed by atoms with E-state index in [1.807, 2.05) is 4.90 Å². The molecule has 0 radical (unpaired) electrons. The van der Waals surface area contributed by atoms with Gasteiger partial charge in [-0.05, 0) is 24.5 Å². The van der Waals surface area contributed by atoms with Crippen LogP contribution in [-0.2, 0) is 6.18 Å². The molecule has 2 heterocycles. The molecule has 6 heteroatoms. The Labute approximate surface area is 106 Å². The molecule has 1 saturated heterocycles. The largest absolute Gasteiger partial charge is 0.417 e. The van der Waals surface area contributed by atoms with Crippen molar-refractivity contribution in [3.05, 3.63) is 23.9 Å². The van der Waals surface area contributed by atoms with Gasteiger partial charge in [0.25, 0.3) is 0 Å². The first kappa shape index (κ1) is 12.7. The van der Waals surface area contributed by atoms with Gasteiger partial charge in [0.15, 0.2) is 0 Å². The van der Waals surface area contributed by atoms with Gasteiger partial charge in [0, 0.05) is 24.6 Å². The standard InChI is InChI=1S/C11H12BrF3N2/c12-5-8-3-4-17(7-8)10-2-1-9(6-16-10)11(13,14)15/h1-2,6,8H,3-5,7H2. The first-order valence-corrected chi connectivity index (χ1v) is 6.47. The molecule has 2 rings (SSSR count). The van der Waals surface area contributed by atoms with Gasteiger partial charge < -0.3 is 4.90 Å². The lowest BCUT2D eigenvalue weighted by Gasteiger charge is -2.17. The van der Waals surface area contributed by atoms with Gasteiger partial charge in [-0.2, -0.15) is 13.2 Å². The average molecular weight is 309 g/mol. The summed E-state index contributed by atoms with van der Waals surface area (Å²) in [5.74, 6) is 1.18. The lowest BCUT2D eigenvalue weighted by molar-refractivity contribution is -0.137. The minimum atomic E-state index is -4.31. The van der Waals surface area contributed by atoms with Crippen molar-refractivity contribution in [2.75, 3.05) is 23.3 Å². The van der Waals surface area contributed by atoms with Crippen LogP contribution >= 0.6 is 15.9 Å². The van der Waals surface area contributed by atoms with E-state index in [9.17, 15) is 13.2 Å². The van der Waals surface area contributed by atoms with Crippen LogP contribution in [0.15, 0.2) is 18.3 Å². The number of hydrogen-bond donors (Lipinski definition) is 0. The molecule has 0 saturated carbocycles. The minimum Gasteiger partial charge on any atom is -0.356 e. The van der Waals surface area contributed by atoms with E-state index in [0.29, 0.717) is 11.7 Å². The average Bonchev–Trinajstić information content (AvgIpc) is 2.76. The molecule has 1 aliphatic rings. The van der Waals surface area contributed by atoms with E-state index in [-0.39, 0.29) is 0 Å². The van der Waals surface area contributed by atoms with Crippen LogP contribution in [0.5, 0.6) is 0 Å². The fraction of sp³-hybridized carbons (Fsp3) is 0.545. The highest BCUT2D eigenvalue weighted by molar-refractivity contribution is 9.09. The zero-order valence-electron chi connectivity index (χ0n) is 9.04. The second-order valence-electron chi connectivity index (χ2n) is 4.16. The number of alkyl halides is 4. The Morgan fingerprint density at radius 2 is 2.18 bits per heavy atom. The number of pyridine rings is 1. The van der Waals surface area contributed by atoms with E-state index in [1.165, 1.54) is 6.07 Å². The fourth-order valence-electron chi connectivity index (χ4n) is 1.91. The molecule has 1 unspecified atom stereocenters. The Morgan fingerprint density at radius 1 is 1.41 bits per heavy atom. The van der Waals surface area contributed by atoms with Crippen molar-refractivity contribution in [1.29, 1.82) is 0 Å². The van der Waals surface area contributed by atoms with Crippen molar-refractivity contribution in [3.63, 3.8) is 0 Å². The zero-order chi connectivity index (χ0) is 12.5. The number of halogens is 4. The number of nitrogens with zero attached hydrogens (tertiary/aromatic N) is 2. The molecule has 0 aliphatic carbocycles. The third kappa shape index (κ3) is 2.91. The van der Waals surface area contributed by atoms with Crippen LogP contribution in [-0.4, -0.2) is 23.4 Å². The van der Waals surface area contributed by atoms with Gasteiger partial charge in [-0.3, -0.25) is 0 Å². The van der Waals surface area contributed by atoms with Gasteiger partial charge in [0.1, 0.15) is 5.82 Å². The van der Waals surface area contributed by atoms with Crippen molar-refractivity contribution < 1.29 is 13.2 Å². The molecule has 1 aliphatic heterocycles. The molecule has 0 spiro atoms. The Morgan fingerprint density at radius 3 is 2.65 bits per heavy atom. The summed E-state index contributed by atoms with van der Waals surface area (Å²) in [7, 11) is 0. The summed E-state index contributed by atoms with van der Waals surface area (Å²) in [5, 5.41) is 0.921. The van der Waals surface area contributed by atoms with E-state index in [1.54, 1.807) is 0 Å². The predicted octanol–water partition coefficient (Wildman–Crippen LogP) is 3.32. The molecular weight excluding hydrogens is 297 g/mol. The quantitative estimate of drug-likeness (QED) is 0.779. The van der Waals surface area contributed by atoms with Crippen LogP contribution in [0.4, 0.5) is 19.0 Å². The molecule has 1 aromatic heterocycles. The van der Waals surface area contributed by atoms with Crippen molar-refractivity contribution in [2.24, 2.45) is 5.92 Å². The monoisotopic (exact) mass is 308 g/mol. The summed E-state index contributed by atoms with van der Waals surface area (Å²) in [6.07, 6.45) is -2.36. The van der Waals surface area contributed by atoms with E-state index in [2.05, 4.69) is 20.9 Å². The highest BCUT2D eigenvalue weighted by atomic mass is 79.9. The Balaban J connectivity index is 2.09. The predicted molar refractivity (Wildman–Crippen MR) is 63.4 cm³/mol. The van der Waals surface area contributed by atoms with E-state index >= 15 is 0 Å². The molecule has 94 valence electrons. The second-order valence-corrected chi connectivity index (χ2v) is 4.81. The minimum absolute atomic E-state index is 0.555. The Bertz CT molecular complexity index is 377.